The monoisotopic (exact) mass is 329 g/mol. The summed E-state index contributed by atoms with van der Waals surface area (Å²) in [5.41, 5.74) is 0.406. The minimum Gasteiger partial charge on any atom is -0.494 e. The lowest BCUT2D eigenvalue weighted by Gasteiger charge is -2.23. The van der Waals surface area contributed by atoms with E-state index in [4.69, 9.17) is 4.74 Å². The number of hydrogen-bond donors (Lipinski definition) is 1. The van der Waals surface area contributed by atoms with E-state index in [1.807, 2.05) is 0 Å². The first kappa shape index (κ1) is 14.3. The van der Waals surface area contributed by atoms with Crippen LogP contribution in [0.5, 0.6) is 5.75 Å². The predicted molar refractivity (Wildman–Crippen MR) is 75.0 cm³/mol. The van der Waals surface area contributed by atoms with Crippen LogP contribution >= 0.6 is 15.9 Å². The van der Waals surface area contributed by atoms with Crippen molar-refractivity contribution in [3.63, 3.8) is 0 Å². The normalized spacial score (nSPS) is 16.2. The zero-order valence-corrected chi connectivity index (χ0v) is 12.4. The van der Waals surface area contributed by atoms with Crippen LogP contribution in [0.25, 0.3) is 0 Å². The SMILES string of the molecule is COc1cc(C(=O)NC2CCCCC2)c(Br)cc1F. The van der Waals surface area contributed by atoms with Crippen molar-refractivity contribution in [1.82, 2.24) is 5.32 Å². The number of rotatable bonds is 3. The second-order valence-corrected chi connectivity index (χ2v) is 5.63. The summed E-state index contributed by atoms with van der Waals surface area (Å²) in [7, 11) is 1.38. The molecule has 1 aliphatic rings. The van der Waals surface area contributed by atoms with Gasteiger partial charge in [0.25, 0.3) is 5.91 Å². The molecule has 0 aliphatic heterocycles. The highest BCUT2D eigenvalue weighted by Crippen LogP contribution is 2.27. The van der Waals surface area contributed by atoms with Gasteiger partial charge in [0.2, 0.25) is 0 Å². The molecule has 0 radical (unpaired) electrons. The smallest absolute Gasteiger partial charge is 0.252 e. The number of methoxy groups -OCH3 is 1. The van der Waals surface area contributed by atoms with E-state index in [2.05, 4.69) is 21.2 Å². The second kappa shape index (κ2) is 6.37. The van der Waals surface area contributed by atoms with Gasteiger partial charge < -0.3 is 10.1 Å². The molecule has 0 unspecified atom stereocenters. The average Bonchev–Trinajstić information content (AvgIpc) is 2.40. The second-order valence-electron chi connectivity index (χ2n) is 4.77. The van der Waals surface area contributed by atoms with Crippen molar-refractivity contribution in [3.05, 3.63) is 28.0 Å². The maximum absolute atomic E-state index is 13.5. The van der Waals surface area contributed by atoms with Gasteiger partial charge in [-0.1, -0.05) is 19.3 Å². The standard InChI is InChI=1S/C14H17BrFNO2/c1-19-13-7-10(11(15)8-12(13)16)14(18)17-9-5-3-2-4-6-9/h7-9H,2-6H2,1H3,(H,17,18). The van der Waals surface area contributed by atoms with Gasteiger partial charge in [-0.2, -0.15) is 0 Å². The lowest BCUT2D eigenvalue weighted by molar-refractivity contribution is 0.0926. The van der Waals surface area contributed by atoms with Crippen LogP contribution in [0.2, 0.25) is 0 Å². The van der Waals surface area contributed by atoms with E-state index in [0.29, 0.717) is 10.0 Å². The molecule has 0 heterocycles. The van der Waals surface area contributed by atoms with Crippen LogP contribution in [0.1, 0.15) is 42.5 Å². The van der Waals surface area contributed by atoms with E-state index >= 15 is 0 Å². The lowest BCUT2D eigenvalue weighted by atomic mass is 9.95. The summed E-state index contributed by atoms with van der Waals surface area (Å²) in [6.07, 6.45) is 5.57. The highest BCUT2D eigenvalue weighted by Gasteiger charge is 2.19. The van der Waals surface area contributed by atoms with Gasteiger partial charge in [-0.25, -0.2) is 4.39 Å². The van der Waals surface area contributed by atoms with Crippen LogP contribution in [-0.2, 0) is 0 Å². The average molecular weight is 330 g/mol. The highest BCUT2D eigenvalue weighted by molar-refractivity contribution is 9.10. The largest absolute Gasteiger partial charge is 0.494 e. The van der Waals surface area contributed by atoms with Crippen LogP contribution in [0.3, 0.4) is 0 Å². The Morgan fingerprint density at radius 1 is 1.37 bits per heavy atom. The number of carbonyl (C=O) groups is 1. The van der Waals surface area contributed by atoms with Gasteiger partial charge in [-0.05, 0) is 40.9 Å². The molecule has 5 heteroatoms. The van der Waals surface area contributed by atoms with Gasteiger partial charge in [-0.3, -0.25) is 4.79 Å². The first-order valence-electron chi connectivity index (χ1n) is 6.45. The van der Waals surface area contributed by atoms with Crippen molar-refractivity contribution in [2.24, 2.45) is 0 Å². The Morgan fingerprint density at radius 3 is 2.68 bits per heavy atom. The molecular weight excluding hydrogens is 313 g/mol. The van der Waals surface area contributed by atoms with E-state index < -0.39 is 5.82 Å². The third-order valence-electron chi connectivity index (χ3n) is 3.43. The van der Waals surface area contributed by atoms with E-state index in [1.165, 1.54) is 25.7 Å². The minimum absolute atomic E-state index is 0.0806. The molecule has 3 nitrogen and oxygen atoms in total. The number of hydrogen-bond acceptors (Lipinski definition) is 2. The molecule has 1 aromatic rings. The molecular formula is C14H17BrFNO2. The Balaban J connectivity index is 2.13. The third kappa shape index (κ3) is 3.47. The molecule has 2 rings (SSSR count). The van der Waals surface area contributed by atoms with Crippen molar-refractivity contribution >= 4 is 21.8 Å². The maximum atomic E-state index is 13.5. The minimum atomic E-state index is -0.483. The van der Waals surface area contributed by atoms with E-state index in [9.17, 15) is 9.18 Å². The zero-order chi connectivity index (χ0) is 13.8. The fraction of sp³-hybridized carbons (Fsp3) is 0.500. The van der Waals surface area contributed by atoms with Crippen LogP contribution in [0, 0.1) is 5.82 Å². The van der Waals surface area contributed by atoms with Crippen LogP contribution < -0.4 is 10.1 Å². The molecule has 0 spiro atoms. The Labute approximate surface area is 120 Å². The van der Waals surface area contributed by atoms with Gasteiger partial charge in [0.1, 0.15) is 0 Å². The van der Waals surface area contributed by atoms with Gasteiger partial charge in [0.15, 0.2) is 11.6 Å². The number of amides is 1. The third-order valence-corrected chi connectivity index (χ3v) is 4.08. The first-order chi connectivity index (χ1) is 9.11. The number of carbonyl (C=O) groups excluding carboxylic acids is 1. The predicted octanol–water partition coefficient (Wildman–Crippen LogP) is 3.66. The lowest BCUT2D eigenvalue weighted by Crippen LogP contribution is -2.36. The van der Waals surface area contributed by atoms with E-state index in [1.54, 1.807) is 0 Å². The first-order valence-corrected chi connectivity index (χ1v) is 7.25. The van der Waals surface area contributed by atoms with Gasteiger partial charge in [-0.15, -0.1) is 0 Å². The summed E-state index contributed by atoms with van der Waals surface area (Å²) < 4.78 is 18.8. The van der Waals surface area contributed by atoms with Crippen LogP contribution in [0.15, 0.2) is 16.6 Å². The molecule has 1 amide bonds. The molecule has 1 saturated carbocycles. The summed E-state index contributed by atoms with van der Waals surface area (Å²) in [6.45, 7) is 0. The fourth-order valence-electron chi connectivity index (χ4n) is 2.37. The highest BCUT2D eigenvalue weighted by atomic mass is 79.9. The van der Waals surface area contributed by atoms with Crippen LogP contribution in [0.4, 0.5) is 4.39 Å². The number of ether oxygens (including phenoxy) is 1. The summed E-state index contributed by atoms with van der Waals surface area (Å²) in [4.78, 5) is 12.2. The van der Waals surface area contributed by atoms with Crippen molar-refractivity contribution in [3.8, 4) is 5.75 Å². The number of benzene rings is 1. The van der Waals surface area contributed by atoms with E-state index in [-0.39, 0.29) is 17.7 Å². The van der Waals surface area contributed by atoms with Crippen molar-refractivity contribution < 1.29 is 13.9 Å². The quantitative estimate of drug-likeness (QED) is 0.919. The Morgan fingerprint density at radius 2 is 2.05 bits per heavy atom. The molecule has 1 fully saturated rings. The molecule has 1 aromatic carbocycles. The summed E-state index contributed by atoms with van der Waals surface area (Å²) in [5.74, 6) is -0.585. The number of nitrogens with one attached hydrogen (secondary N) is 1. The Bertz CT molecular complexity index is 473. The fourth-order valence-corrected chi connectivity index (χ4v) is 2.87. The Hall–Kier alpha value is -1.10. The summed E-state index contributed by atoms with van der Waals surface area (Å²) in [5, 5.41) is 3.00. The number of halogens is 2. The van der Waals surface area contributed by atoms with Crippen molar-refractivity contribution in [2.75, 3.05) is 7.11 Å². The maximum Gasteiger partial charge on any atom is 0.252 e. The van der Waals surface area contributed by atoms with Gasteiger partial charge in [0.05, 0.1) is 12.7 Å². The zero-order valence-electron chi connectivity index (χ0n) is 10.8. The Kier molecular flexibility index (Phi) is 4.80. The van der Waals surface area contributed by atoms with Gasteiger partial charge in [0, 0.05) is 10.5 Å². The van der Waals surface area contributed by atoms with Crippen molar-refractivity contribution in [1.29, 1.82) is 0 Å². The van der Waals surface area contributed by atoms with Crippen LogP contribution in [-0.4, -0.2) is 19.1 Å². The summed E-state index contributed by atoms with van der Waals surface area (Å²) >= 11 is 3.22. The molecule has 104 valence electrons. The molecule has 0 atom stereocenters. The van der Waals surface area contributed by atoms with Crippen molar-refractivity contribution in [2.45, 2.75) is 38.1 Å². The van der Waals surface area contributed by atoms with E-state index in [0.717, 1.165) is 25.7 Å². The molecule has 1 N–H and O–H groups in total. The molecule has 19 heavy (non-hydrogen) atoms. The van der Waals surface area contributed by atoms with Gasteiger partial charge >= 0.3 is 0 Å². The topological polar surface area (TPSA) is 38.3 Å². The molecule has 0 aromatic heterocycles. The molecule has 0 bridgehead atoms. The molecule has 1 aliphatic carbocycles. The summed E-state index contributed by atoms with van der Waals surface area (Å²) in [6, 6.07) is 2.91. The molecule has 0 saturated heterocycles.